The van der Waals surface area contributed by atoms with Crippen molar-refractivity contribution in [2.45, 2.75) is 45.4 Å². The van der Waals surface area contributed by atoms with Gasteiger partial charge in [-0.2, -0.15) is 14.7 Å². The van der Waals surface area contributed by atoms with E-state index in [1.54, 1.807) is 4.52 Å². The number of H-pyrrole nitrogens is 1. The van der Waals surface area contributed by atoms with Crippen molar-refractivity contribution in [3.63, 3.8) is 0 Å². The Balaban J connectivity index is 2.54. The SMILES string of the molecule is CC(C)(C)c1nn2c(C(C)(C)COC=O)n[nH]c2c1Cl. The van der Waals surface area contributed by atoms with Gasteiger partial charge in [0.2, 0.25) is 0 Å². The van der Waals surface area contributed by atoms with Crippen molar-refractivity contribution < 1.29 is 9.53 Å². The number of ether oxygens (including phenoxy) is 1. The van der Waals surface area contributed by atoms with Gasteiger partial charge < -0.3 is 4.74 Å². The summed E-state index contributed by atoms with van der Waals surface area (Å²) in [5, 5.41) is 12.3. The van der Waals surface area contributed by atoms with Gasteiger partial charge in [0.1, 0.15) is 11.6 Å². The highest BCUT2D eigenvalue weighted by Gasteiger charge is 2.31. The lowest BCUT2D eigenvalue weighted by Crippen LogP contribution is -2.27. The largest absolute Gasteiger partial charge is 0.467 e. The van der Waals surface area contributed by atoms with Crippen LogP contribution in [0.2, 0.25) is 5.02 Å². The third-order valence-corrected chi connectivity index (χ3v) is 3.48. The fraction of sp³-hybridized carbons (Fsp3) is 0.615. The first-order valence-electron chi connectivity index (χ1n) is 6.37. The van der Waals surface area contributed by atoms with Gasteiger partial charge >= 0.3 is 0 Å². The second-order valence-corrected chi connectivity index (χ2v) is 6.89. The summed E-state index contributed by atoms with van der Waals surface area (Å²) in [6.07, 6.45) is 0. The average molecular weight is 299 g/mol. The number of carbonyl (C=O) groups excluding carboxylic acids is 1. The Morgan fingerprint density at radius 1 is 1.35 bits per heavy atom. The van der Waals surface area contributed by atoms with Gasteiger partial charge in [-0.25, -0.2) is 0 Å². The van der Waals surface area contributed by atoms with Crippen LogP contribution in [0.25, 0.3) is 5.65 Å². The number of fused-ring (bicyclic) bond motifs is 1. The molecule has 6 nitrogen and oxygen atoms in total. The number of carbonyl (C=O) groups is 1. The second-order valence-electron chi connectivity index (χ2n) is 6.51. The first-order chi connectivity index (χ1) is 9.18. The average Bonchev–Trinajstić information content (AvgIpc) is 2.87. The van der Waals surface area contributed by atoms with Gasteiger partial charge in [-0.15, -0.1) is 0 Å². The molecule has 0 saturated carbocycles. The van der Waals surface area contributed by atoms with E-state index in [0.717, 1.165) is 5.69 Å². The third-order valence-electron chi connectivity index (χ3n) is 3.12. The molecule has 0 amide bonds. The van der Waals surface area contributed by atoms with Crippen LogP contribution >= 0.6 is 11.6 Å². The molecule has 2 aromatic rings. The van der Waals surface area contributed by atoms with E-state index >= 15 is 0 Å². The van der Waals surface area contributed by atoms with Gasteiger partial charge in [0, 0.05) is 5.41 Å². The van der Waals surface area contributed by atoms with Gasteiger partial charge in [-0.05, 0) is 13.8 Å². The number of nitrogens with one attached hydrogen (secondary N) is 1. The second kappa shape index (κ2) is 4.77. The van der Waals surface area contributed by atoms with Crippen LogP contribution < -0.4 is 0 Å². The summed E-state index contributed by atoms with van der Waals surface area (Å²) >= 11 is 6.37. The predicted octanol–water partition coefficient (Wildman–Crippen LogP) is 2.46. The van der Waals surface area contributed by atoms with E-state index in [1.807, 2.05) is 34.6 Å². The number of hydrogen-bond donors (Lipinski definition) is 1. The maximum Gasteiger partial charge on any atom is 0.293 e. The summed E-state index contributed by atoms with van der Waals surface area (Å²) in [6.45, 7) is 10.7. The molecule has 0 fully saturated rings. The maximum absolute atomic E-state index is 10.4. The minimum Gasteiger partial charge on any atom is -0.467 e. The molecule has 0 aliphatic rings. The molecule has 110 valence electrons. The van der Waals surface area contributed by atoms with E-state index < -0.39 is 5.41 Å². The number of hydrogen-bond acceptors (Lipinski definition) is 4. The first kappa shape index (κ1) is 14.8. The van der Waals surface area contributed by atoms with Gasteiger partial charge in [0.25, 0.3) is 6.47 Å². The Bertz CT molecular complexity index is 637. The molecular formula is C13H19ClN4O2. The molecule has 0 unspecified atom stereocenters. The summed E-state index contributed by atoms with van der Waals surface area (Å²) in [5.41, 5.74) is 0.834. The number of aromatic amines is 1. The van der Waals surface area contributed by atoms with E-state index in [-0.39, 0.29) is 12.0 Å². The van der Waals surface area contributed by atoms with Crippen LogP contribution in [-0.2, 0) is 20.4 Å². The van der Waals surface area contributed by atoms with Crippen LogP contribution in [-0.4, -0.2) is 32.9 Å². The number of aromatic nitrogens is 4. The van der Waals surface area contributed by atoms with Crippen LogP contribution in [0.4, 0.5) is 0 Å². The standard InChI is InChI=1S/C13H19ClN4O2/c1-12(2,3)9-8(14)10-15-16-11(18(10)17-9)13(4,5)6-20-7-19/h7,15H,6H2,1-5H3. The maximum atomic E-state index is 10.4. The van der Waals surface area contributed by atoms with Crippen molar-refractivity contribution in [1.82, 2.24) is 19.8 Å². The highest BCUT2D eigenvalue weighted by molar-refractivity contribution is 6.34. The molecule has 2 aromatic heterocycles. The molecule has 0 bridgehead atoms. The molecule has 2 heterocycles. The molecule has 0 aliphatic heterocycles. The van der Waals surface area contributed by atoms with Crippen LogP contribution in [0.3, 0.4) is 0 Å². The summed E-state index contributed by atoms with van der Waals surface area (Å²) in [5.74, 6) is 0.673. The Morgan fingerprint density at radius 3 is 2.55 bits per heavy atom. The molecule has 0 saturated heterocycles. The lowest BCUT2D eigenvalue weighted by Gasteiger charge is -2.20. The molecule has 7 heteroatoms. The molecule has 0 aliphatic carbocycles. The molecule has 0 aromatic carbocycles. The van der Waals surface area contributed by atoms with Gasteiger partial charge in [-0.1, -0.05) is 32.4 Å². The number of rotatable bonds is 4. The monoisotopic (exact) mass is 298 g/mol. The minimum absolute atomic E-state index is 0.162. The summed E-state index contributed by atoms with van der Waals surface area (Å²) in [6, 6.07) is 0. The normalized spacial score (nSPS) is 12.9. The molecule has 20 heavy (non-hydrogen) atoms. The number of nitrogens with zero attached hydrogens (tertiary/aromatic N) is 3. The quantitative estimate of drug-likeness (QED) is 0.880. The Kier molecular flexibility index (Phi) is 3.54. The van der Waals surface area contributed by atoms with Gasteiger partial charge in [-0.3, -0.25) is 9.89 Å². The van der Waals surface area contributed by atoms with Crippen LogP contribution in [0, 0.1) is 0 Å². The van der Waals surface area contributed by atoms with E-state index in [9.17, 15) is 4.79 Å². The number of halogens is 1. The van der Waals surface area contributed by atoms with Gasteiger partial charge in [0.15, 0.2) is 11.5 Å². The minimum atomic E-state index is -0.469. The molecule has 1 N–H and O–H groups in total. The van der Waals surface area contributed by atoms with Crippen molar-refractivity contribution in [3.8, 4) is 0 Å². The van der Waals surface area contributed by atoms with Crippen molar-refractivity contribution in [3.05, 3.63) is 16.5 Å². The highest BCUT2D eigenvalue weighted by Crippen LogP contribution is 2.33. The molecular weight excluding hydrogens is 280 g/mol. The van der Waals surface area contributed by atoms with Crippen LogP contribution in [0.1, 0.15) is 46.1 Å². The molecule has 0 spiro atoms. The zero-order valence-electron chi connectivity index (χ0n) is 12.3. The smallest absolute Gasteiger partial charge is 0.293 e. The zero-order chi connectivity index (χ0) is 15.1. The fourth-order valence-electron chi connectivity index (χ4n) is 2.03. The Morgan fingerprint density at radius 2 is 2.00 bits per heavy atom. The zero-order valence-corrected chi connectivity index (χ0v) is 13.1. The van der Waals surface area contributed by atoms with E-state index in [2.05, 4.69) is 15.3 Å². The summed E-state index contributed by atoms with van der Waals surface area (Å²) < 4.78 is 6.56. The van der Waals surface area contributed by atoms with Crippen molar-refractivity contribution in [2.24, 2.45) is 0 Å². The third kappa shape index (κ3) is 2.40. The van der Waals surface area contributed by atoms with E-state index in [0.29, 0.717) is 23.0 Å². The lowest BCUT2D eigenvalue weighted by molar-refractivity contribution is -0.130. The van der Waals surface area contributed by atoms with Gasteiger partial charge in [0.05, 0.1) is 11.1 Å². The van der Waals surface area contributed by atoms with Crippen LogP contribution in [0.15, 0.2) is 0 Å². The molecule has 0 radical (unpaired) electrons. The predicted molar refractivity (Wildman–Crippen MR) is 76.1 cm³/mol. The molecule has 0 atom stereocenters. The topological polar surface area (TPSA) is 72.3 Å². The Labute approximate surface area is 122 Å². The van der Waals surface area contributed by atoms with Crippen molar-refractivity contribution in [1.29, 1.82) is 0 Å². The first-order valence-corrected chi connectivity index (χ1v) is 6.75. The van der Waals surface area contributed by atoms with Crippen molar-refractivity contribution in [2.75, 3.05) is 6.61 Å². The molecule has 2 rings (SSSR count). The summed E-state index contributed by atoms with van der Waals surface area (Å²) in [4.78, 5) is 10.4. The van der Waals surface area contributed by atoms with Crippen molar-refractivity contribution >= 4 is 23.7 Å². The Hall–Kier alpha value is -1.56. The van der Waals surface area contributed by atoms with Crippen LogP contribution in [0.5, 0.6) is 0 Å². The summed E-state index contributed by atoms with van der Waals surface area (Å²) in [7, 11) is 0. The highest BCUT2D eigenvalue weighted by atomic mass is 35.5. The lowest BCUT2D eigenvalue weighted by atomic mass is 9.92. The van der Waals surface area contributed by atoms with E-state index in [4.69, 9.17) is 16.3 Å². The fourth-order valence-corrected chi connectivity index (χ4v) is 2.47. The van der Waals surface area contributed by atoms with E-state index in [1.165, 1.54) is 0 Å².